The summed E-state index contributed by atoms with van der Waals surface area (Å²) < 4.78 is 0. The Morgan fingerprint density at radius 3 is 2.57 bits per heavy atom. The van der Waals surface area contributed by atoms with Gasteiger partial charge in [-0.05, 0) is 43.2 Å². The molecule has 1 aliphatic heterocycles. The van der Waals surface area contributed by atoms with Crippen LogP contribution < -0.4 is 10.2 Å². The molecule has 0 saturated carbocycles. The van der Waals surface area contributed by atoms with E-state index in [1.807, 2.05) is 48.2 Å². The second kappa shape index (κ2) is 5.91. The van der Waals surface area contributed by atoms with Gasteiger partial charge in [0.2, 0.25) is 5.91 Å². The van der Waals surface area contributed by atoms with Crippen LogP contribution in [0.25, 0.3) is 0 Å². The molecule has 0 atom stereocenters. The standard InChI is InChI=1S/C16H18N4O/c1-12-4-9-15(19-18-12)17-11-13-5-7-14(8-6-13)20-10-2-3-16(20)21/h4-9H,2-3,10-11H2,1H3,(H,17,19). The summed E-state index contributed by atoms with van der Waals surface area (Å²) in [7, 11) is 0. The van der Waals surface area contributed by atoms with Gasteiger partial charge in [0.15, 0.2) is 0 Å². The van der Waals surface area contributed by atoms with E-state index in [2.05, 4.69) is 15.5 Å². The Kier molecular flexibility index (Phi) is 3.81. The van der Waals surface area contributed by atoms with Crippen molar-refractivity contribution in [3.05, 3.63) is 47.7 Å². The third-order valence-electron chi connectivity index (χ3n) is 3.59. The van der Waals surface area contributed by atoms with E-state index in [0.717, 1.165) is 35.7 Å². The molecule has 0 aliphatic carbocycles. The largest absolute Gasteiger partial charge is 0.365 e. The molecule has 21 heavy (non-hydrogen) atoms. The molecular weight excluding hydrogens is 264 g/mol. The zero-order chi connectivity index (χ0) is 14.7. The van der Waals surface area contributed by atoms with Gasteiger partial charge in [-0.2, -0.15) is 5.10 Å². The number of hydrogen-bond acceptors (Lipinski definition) is 4. The highest BCUT2D eigenvalue weighted by molar-refractivity contribution is 5.95. The van der Waals surface area contributed by atoms with Crippen LogP contribution in [0.1, 0.15) is 24.1 Å². The van der Waals surface area contributed by atoms with Crippen LogP contribution in [0.4, 0.5) is 11.5 Å². The molecule has 1 saturated heterocycles. The van der Waals surface area contributed by atoms with Gasteiger partial charge in [0.1, 0.15) is 5.82 Å². The quantitative estimate of drug-likeness (QED) is 0.936. The number of aryl methyl sites for hydroxylation is 1. The van der Waals surface area contributed by atoms with Gasteiger partial charge in [0.05, 0.1) is 5.69 Å². The number of hydrogen-bond donors (Lipinski definition) is 1. The number of anilines is 2. The van der Waals surface area contributed by atoms with Gasteiger partial charge in [-0.1, -0.05) is 12.1 Å². The highest BCUT2D eigenvalue weighted by Crippen LogP contribution is 2.21. The molecule has 2 aromatic rings. The summed E-state index contributed by atoms with van der Waals surface area (Å²) in [5, 5.41) is 11.3. The molecule has 0 bridgehead atoms. The lowest BCUT2D eigenvalue weighted by Crippen LogP contribution is -2.23. The maximum Gasteiger partial charge on any atom is 0.227 e. The maximum absolute atomic E-state index is 11.7. The minimum Gasteiger partial charge on any atom is -0.365 e. The van der Waals surface area contributed by atoms with Gasteiger partial charge in [-0.25, -0.2) is 0 Å². The van der Waals surface area contributed by atoms with Gasteiger partial charge >= 0.3 is 0 Å². The Morgan fingerprint density at radius 1 is 1.14 bits per heavy atom. The van der Waals surface area contributed by atoms with Gasteiger partial charge in [-0.15, -0.1) is 5.10 Å². The number of benzene rings is 1. The predicted molar refractivity (Wildman–Crippen MR) is 82.1 cm³/mol. The molecule has 1 N–H and O–H groups in total. The Labute approximate surface area is 124 Å². The van der Waals surface area contributed by atoms with Crippen LogP contribution in [0.2, 0.25) is 0 Å². The second-order valence-corrected chi connectivity index (χ2v) is 5.23. The third kappa shape index (κ3) is 3.18. The summed E-state index contributed by atoms with van der Waals surface area (Å²) in [6, 6.07) is 11.9. The average Bonchev–Trinajstić information content (AvgIpc) is 2.93. The van der Waals surface area contributed by atoms with Crippen molar-refractivity contribution in [1.29, 1.82) is 0 Å². The van der Waals surface area contributed by atoms with E-state index in [1.165, 1.54) is 0 Å². The van der Waals surface area contributed by atoms with Gasteiger partial charge in [0.25, 0.3) is 0 Å². The number of rotatable bonds is 4. The average molecular weight is 282 g/mol. The normalized spacial score (nSPS) is 14.5. The summed E-state index contributed by atoms with van der Waals surface area (Å²) in [4.78, 5) is 13.5. The van der Waals surface area contributed by atoms with Gasteiger partial charge in [0, 0.05) is 25.2 Å². The van der Waals surface area contributed by atoms with Gasteiger partial charge < -0.3 is 10.2 Å². The van der Waals surface area contributed by atoms with Crippen molar-refractivity contribution in [3.63, 3.8) is 0 Å². The lowest BCUT2D eigenvalue weighted by molar-refractivity contribution is -0.117. The lowest BCUT2D eigenvalue weighted by Gasteiger charge is -2.16. The van der Waals surface area contributed by atoms with E-state index in [9.17, 15) is 4.79 Å². The third-order valence-corrected chi connectivity index (χ3v) is 3.59. The summed E-state index contributed by atoms with van der Waals surface area (Å²) in [5.41, 5.74) is 3.03. The van der Waals surface area contributed by atoms with Crippen molar-refractivity contribution in [1.82, 2.24) is 10.2 Å². The lowest BCUT2D eigenvalue weighted by atomic mass is 10.2. The minimum absolute atomic E-state index is 0.218. The first-order valence-corrected chi connectivity index (χ1v) is 7.16. The van der Waals surface area contributed by atoms with E-state index in [0.29, 0.717) is 13.0 Å². The number of aromatic nitrogens is 2. The smallest absolute Gasteiger partial charge is 0.227 e. The number of carbonyl (C=O) groups excluding carboxylic acids is 1. The monoisotopic (exact) mass is 282 g/mol. The van der Waals surface area contributed by atoms with Crippen LogP contribution in [-0.2, 0) is 11.3 Å². The SMILES string of the molecule is Cc1ccc(NCc2ccc(N3CCCC3=O)cc2)nn1. The molecular formula is C16H18N4O. The van der Waals surface area contributed by atoms with Crippen molar-refractivity contribution in [2.75, 3.05) is 16.8 Å². The van der Waals surface area contributed by atoms with Crippen LogP contribution in [0, 0.1) is 6.92 Å². The molecule has 0 unspecified atom stereocenters. The van der Waals surface area contributed by atoms with Crippen molar-refractivity contribution in [3.8, 4) is 0 Å². The van der Waals surface area contributed by atoms with Crippen LogP contribution in [0.5, 0.6) is 0 Å². The second-order valence-electron chi connectivity index (χ2n) is 5.23. The first-order chi connectivity index (χ1) is 10.2. The van der Waals surface area contributed by atoms with E-state index in [-0.39, 0.29) is 5.91 Å². The van der Waals surface area contributed by atoms with E-state index in [1.54, 1.807) is 0 Å². The van der Waals surface area contributed by atoms with Crippen LogP contribution >= 0.6 is 0 Å². The van der Waals surface area contributed by atoms with E-state index < -0.39 is 0 Å². The fraction of sp³-hybridized carbons (Fsp3) is 0.312. The minimum atomic E-state index is 0.218. The number of carbonyl (C=O) groups is 1. The van der Waals surface area contributed by atoms with Crippen LogP contribution in [0.3, 0.4) is 0 Å². The molecule has 1 fully saturated rings. The Bertz CT molecular complexity index is 622. The Hall–Kier alpha value is -2.43. The molecule has 108 valence electrons. The van der Waals surface area contributed by atoms with E-state index >= 15 is 0 Å². The van der Waals surface area contributed by atoms with Crippen molar-refractivity contribution in [2.45, 2.75) is 26.3 Å². The topological polar surface area (TPSA) is 58.1 Å². The molecule has 2 heterocycles. The zero-order valence-corrected chi connectivity index (χ0v) is 12.0. The molecule has 1 aromatic heterocycles. The van der Waals surface area contributed by atoms with Gasteiger partial charge in [-0.3, -0.25) is 4.79 Å². The fourth-order valence-corrected chi connectivity index (χ4v) is 2.40. The maximum atomic E-state index is 11.7. The first-order valence-electron chi connectivity index (χ1n) is 7.16. The van der Waals surface area contributed by atoms with Crippen LogP contribution in [0.15, 0.2) is 36.4 Å². The number of nitrogens with one attached hydrogen (secondary N) is 1. The highest BCUT2D eigenvalue weighted by Gasteiger charge is 2.21. The summed E-state index contributed by atoms with van der Waals surface area (Å²) in [6.45, 7) is 3.43. The number of amides is 1. The van der Waals surface area contributed by atoms with Crippen molar-refractivity contribution < 1.29 is 4.79 Å². The molecule has 0 spiro atoms. The van der Waals surface area contributed by atoms with Crippen LogP contribution in [-0.4, -0.2) is 22.6 Å². The zero-order valence-electron chi connectivity index (χ0n) is 12.0. The number of nitrogens with zero attached hydrogens (tertiary/aromatic N) is 3. The van der Waals surface area contributed by atoms with E-state index in [4.69, 9.17) is 0 Å². The molecule has 1 aliphatic rings. The fourth-order valence-electron chi connectivity index (χ4n) is 2.40. The predicted octanol–water partition coefficient (Wildman–Crippen LogP) is 2.52. The summed E-state index contributed by atoms with van der Waals surface area (Å²) >= 11 is 0. The molecule has 1 amide bonds. The molecule has 0 radical (unpaired) electrons. The molecule has 3 rings (SSSR count). The molecule has 5 nitrogen and oxygen atoms in total. The van der Waals surface area contributed by atoms with Crippen molar-refractivity contribution in [2.24, 2.45) is 0 Å². The summed E-state index contributed by atoms with van der Waals surface area (Å²) in [5.74, 6) is 0.982. The molecule has 5 heteroatoms. The first kappa shape index (κ1) is 13.5. The summed E-state index contributed by atoms with van der Waals surface area (Å²) in [6.07, 6.45) is 1.61. The Morgan fingerprint density at radius 2 is 1.95 bits per heavy atom. The Balaban J connectivity index is 1.62. The molecule has 1 aromatic carbocycles. The van der Waals surface area contributed by atoms with Crippen molar-refractivity contribution >= 4 is 17.4 Å². The highest BCUT2D eigenvalue weighted by atomic mass is 16.2.